The Morgan fingerprint density at radius 1 is 1.00 bits per heavy atom. The summed E-state index contributed by atoms with van der Waals surface area (Å²) in [4.78, 5) is 22.7. The van der Waals surface area contributed by atoms with Crippen LogP contribution in [0.5, 0.6) is 0 Å². The first-order chi connectivity index (χ1) is 14.0. The summed E-state index contributed by atoms with van der Waals surface area (Å²) in [6, 6.07) is 20.2. The maximum Gasteiger partial charge on any atom is 0.270 e. The molecule has 0 fully saturated rings. The molecule has 0 saturated carbocycles. The van der Waals surface area contributed by atoms with Crippen LogP contribution in [0.2, 0.25) is 0 Å². The highest BCUT2D eigenvalue weighted by atomic mass is 32.1. The Kier molecular flexibility index (Phi) is 4.97. The maximum atomic E-state index is 12.4. The summed E-state index contributed by atoms with van der Waals surface area (Å²) in [5, 5.41) is 17.0. The number of amides is 1. The van der Waals surface area contributed by atoms with Crippen molar-refractivity contribution in [1.82, 2.24) is 5.32 Å². The van der Waals surface area contributed by atoms with Gasteiger partial charge in [0.05, 0.1) is 10.5 Å². The van der Waals surface area contributed by atoms with E-state index in [1.807, 2.05) is 24.3 Å². The lowest BCUT2D eigenvalue weighted by Gasteiger charge is -2.09. The molecule has 0 aliphatic carbocycles. The van der Waals surface area contributed by atoms with E-state index in [-0.39, 0.29) is 16.9 Å². The lowest BCUT2D eigenvalue weighted by atomic mass is 10.0. The first-order valence-electron chi connectivity index (χ1n) is 8.90. The molecule has 29 heavy (non-hydrogen) atoms. The third-order valence-corrected chi connectivity index (χ3v) is 5.58. The smallest absolute Gasteiger partial charge is 0.270 e. The van der Waals surface area contributed by atoms with Gasteiger partial charge in [-0.05, 0) is 51.7 Å². The fraction of sp³-hybridized carbons (Fsp3) is 0.0455. The Labute approximate surface area is 170 Å². The van der Waals surface area contributed by atoms with Gasteiger partial charge in [-0.2, -0.15) is 0 Å². The molecule has 4 aromatic rings. The molecule has 0 aliphatic heterocycles. The molecule has 0 aliphatic rings. The molecule has 3 N–H and O–H groups in total. The first-order valence-corrected chi connectivity index (χ1v) is 9.78. The summed E-state index contributed by atoms with van der Waals surface area (Å²) in [5.41, 5.74) is 9.07. The molecule has 1 heterocycles. The van der Waals surface area contributed by atoms with Crippen LogP contribution < -0.4 is 11.1 Å². The molecule has 0 unspecified atom stereocenters. The molecule has 0 bridgehead atoms. The normalized spacial score (nSPS) is 10.8. The van der Waals surface area contributed by atoms with Crippen molar-refractivity contribution >= 4 is 38.7 Å². The summed E-state index contributed by atoms with van der Waals surface area (Å²) in [6.45, 7) is 0.296. The lowest BCUT2D eigenvalue weighted by molar-refractivity contribution is -0.384. The van der Waals surface area contributed by atoms with E-state index in [2.05, 4.69) is 35.0 Å². The van der Waals surface area contributed by atoms with Gasteiger partial charge in [-0.15, -0.1) is 11.3 Å². The van der Waals surface area contributed by atoms with E-state index in [4.69, 9.17) is 5.73 Å². The summed E-state index contributed by atoms with van der Waals surface area (Å²) >= 11 is 1.72. The van der Waals surface area contributed by atoms with Gasteiger partial charge in [0.2, 0.25) is 0 Å². The molecule has 1 amide bonds. The second kappa shape index (κ2) is 7.73. The number of nitro benzene ring substituents is 1. The quantitative estimate of drug-likeness (QED) is 0.279. The summed E-state index contributed by atoms with van der Waals surface area (Å²) in [7, 11) is 0. The van der Waals surface area contributed by atoms with Crippen molar-refractivity contribution in [1.29, 1.82) is 0 Å². The molecule has 7 heteroatoms. The number of hydrogen-bond acceptors (Lipinski definition) is 5. The Morgan fingerprint density at radius 2 is 1.76 bits per heavy atom. The zero-order valence-corrected chi connectivity index (χ0v) is 16.1. The average molecular weight is 403 g/mol. The fourth-order valence-corrected chi connectivity index (χ4v) is 3.86. The number of rotatable bonds is 5. The number of fused-ring (bicyclic) bond motifs is 1. The van der Waals surface area contributed by atoms with Gasteiger partial charge in [0.25, 0.3) is 11.6 Å². The fourth-order valence-electron chi connectivity index (χ4n) is 3.09. The largest absolute Gasteiger partial charge is 0.398 e. The number of nitro groups is 1. The zero-order chi connectivity index (χ0) is 20.4. The predicted molar refractivity (Wildman–Crippen MR) is 116 cm³/mol. The number of non-ortho nitro benzene ring substituents is 1. The monoisotopic (exact) mass is 403 g/mol. The van der Waals surface area contributed by atoms with Crippen LogP contribution in [0.1, 0.15) is 15.9 Å². The predicted octanol–water partition coefficient (Wildman–Crippen LogP) is 4.99. The minimum atomic E-state index is -0.553. The second-order valence-electron chi connectivity index (χ2n) is 6.58. The van der Waals surface area contributed by atoms with Crippen LogP contribution in [0.4, 0.5) is 11.4 Å². The number of carbonyl (C=O) groups is 1. The van der Waals surface area contributed by atoms with Crippen LogP contribution in [0, 0.1) is 10.1 Å². The van der Waals surface area contributed by atoms with Crippen molar-refractivity contribution in [2.45, 2.75) is 6.54 Å². The van der Waals surface area contributed by atoms with Crippen molar-refractivity contribution < 1.29 is 9.72 Å². The lowest BCUT2D eigenvalue weighted by Crippen LogP contribution is -2.23. The van der Waals surface area contributed by atoms with Crippen molar-refractivity contribution in [2.24, 2.45) is 0 Å². The summed E-state index contributed by atoms with van der Waals surface area (Å²) < 4.78 is 1.26. The Morgan fingerprint density at radius 3 is 2.52 bits per heavy atom. The van der Waals surface area contributed by atoms with Crippen molar-refractivity contribution in [3.63, 3.8) is 0 Å². The zero-order valence-electron chi connectivity index (χ0n) is 15.3. The van der Waals surface area contributed by atoms with Gasteiger partial charge in [0, 0.05) is 29.1 Å². The third-order valence-electron chi connectivity index (χ3n) is 4.69. The van der Waals surface area contributed by atoms with Crippen molar-refractivity contribution in [2.75, 3.05) is 5.73 Å². The minimum absolute atomic E-state index is 0.0971. The van der Waals surface area contributed by atoms with Gasteiger partial charge < -0.3 is 11.1 Å². The van der Waals surface area contributed by atoms with Crippen LogP contribution in [0.25, 0.3) is 21.2 Å². The molecule has 0 saturated heterocycles. The third kappa shape index (κ3) is 3.95. The van der Waals surface area contributed by atoms with Gasteiger partial charge >= 0.3 is 0 Å². The summed E-state index contributed by atoms with van der Waals surface area (Å²) in [5.74, 6) is -0.446. The van der Waals surface area contributed by atoms with E-state index in [0.29, 0.717) is 6.54 Å². The molecular weight excluding hydrogens is 386 g/mol. The molecule has 3 aromatic carbocycles. The van der Waals surface area contributed by atoms with Crippen molar-refractivity contribution in [3.8, 4) is 11.1 Å². The topological polar surface area (TPSA) is 98.3 Å². The van der Waals surface area contributed by atoms with Gasteiger partial charge in [-0.3, -0.25) is 14.9 Å². The molecule has 4 rings (SSSR count). The van der Waals surface area contributed by atoms with E-state index >= 15 is 0 Å². The molecule has 0 spiro atoms. The molecule has 1 aromatic heterocycles. The number of nitrogens with zero attached hydrogens (tertiary/aromatic N) is 1. The van der Waals surface area contributed by atoms with E-state index in [0.717, 1.165) is 16.7 Å². The number of anilines is 1. The maximum absolute atomic E-state index is 12.4. The van der Waals surface area contributed by atoms with Crippen LogP contribution in [0.15, 0.2) is 72.1 Å². The number of carbonyl (C=O) groups excluding carboxylic acids is 1. The number of nitrogen functional groups attached to an aromatic ring is 1. The molecule has 6 nitrogen and oxygen atoms in total. The van der Waals surface area contributed by atoms with Gasteiger partial charge in [-0.1, -0.05) is 30.3 Å². The first kappa shape index (κ1) is 18.6. The Bertz CT molecular complexity index is 1220. The van der Waals surface area contributed by atoms with Crippen LogP contribution in [-0.2, 0) is 6.54 Å². The Hall–Kier alpha value is -3.71. The highest BCUT2D eigenvalue weighted by molar-refractivity contribution is 7.17. The molecular formula is C22H17N3O3S. The number of nitrogens with two attached hydrogens (primary N) is 1. The highest BCUT2D eigenvalue weighted by Crippen LogP contribution is 2.27. The van der Waals surface area contributed by atoms with Gasteiger partial charge in [0.1, 0.15) is 0 Å². The molecule has 0 atom stereocenters. The SMILES string of the molecule is Nc1ccc([N+](=O)[O-])cc1C(=O)NCc1ccc(-c2ccc3sccc3c2)cc1. The van der Waals surface area contributed by atoms with E-state index in [9.17, 15) is 14.9 Å². The molecule has 0 radical (unpaired) electrons. The minimum Gasteiger partial charge on any atom is -0.398 e. The standard InChI is InChI=1S/C22H17N3O3S/c23-20-7-6-18(25(27)28)12-19(20)22(26)24-13-14-1-3-15(4-2-14)16-5-8-21-17(11-16)9-10-29-21/h1-12H,13,23H2,(H,24,26). The number of nitrogens with one attached hydrogen (secondary N) is 1. The second-order valence-corrected chi connectivity index (χ2v) is 7.53. The Balaban J connectivity index is 1.46. The van der Waals surface area contributed by atoms with Crippen LogP contribution in [0.3, 0.4) is 0 Å². The molecule has 144 valence electrons. The van der Waals surface area contributed by atoms with E-state index in [1.54, 1.807) is 11.3 Å². The van der Waals surface area contributed by atoms with Crippen LogP contribution in [-0.4, -0.2) is 10.8 Å². The van der Waals surface area contributed by atoms with Crippen molar-refractivity contribution in [3.05, 3.63) is 93.4 Å². The average Bonchev–Trinajstić information content (AvgIpc) is 3.20. The van der Waals surface area contributed by atoms with Gasteiger partial charge in [-0.25, -0.2) is 0 Å². The number of thiophene rings is 1. The number of hydrogen-bond donors (Lipinski definition) is 2. The van der Waals surface area contributed by atoms with Crippen LogP contribution >= 0.6 is 11.3 Å². The van der Waals surface area contributed by atoms with Gasteiger partial charge in [0.15, 0.2) is 0 Å². The number of benzene rings is 3. The van der Waals surface area contributed by atoms with E-state index in [1.165, 1.54) is 28.3 Å². The highest BCUT2D eigenvalue weighted by Gasteiger charge is 2.15. The van der Waals surface area contributed by atoms with E-state index < -0.39 is 10.8 Å². The summed E-state index contributed by atoms with van der Waals surface area (Å²) in [6.07, 6.45) is 0.